The minimum atomic E-state index is -0.499. The van der Waals surface area contributed by atoms with Gasteiger partial charge in [0.15, 0.2) is 5.76 Å². The van der Waals surface area contributed by atoms with Gasteiger partial charge in [0, 0.05) is 44.7 Å². The molecular weight excluding hydrogens is 436 g/mol. The van der Waals surface area contributed by atoms with Crippen molar-refractivity contribution in [1.29, 1.82) is 0 Å². The van der Waals surface area contributed by atoms with Crippen LogP contribution in [0.3, 0.4) is 0 Å². The molecule has 178 valence electrons. The Morgan fingerprint density at radius 1 is 1.03 bits per heavy atom. The molecule has 34 heavy (non-hydrogen) atoms. The van der Waals surface area contributed by atoms with Crippen LogP contribution in [0.4, 0.5) is 0 Å². The van der Waals surface area contributed by atoms with Gasteiger partial charge in [0.25, 0.3) is 5.91 Å². The number of benzene rings is 1. The van der Waals surface area contributed by atoms with Gasteiger partial charge >= 0.3 is 11.6 Å². The molecule has 2 aromatic rings. The van der Waals surface area contributed by atoms with Gasteiger partial charge in [-0.25, -0.2) is 0 Å². The van der Waals surface area contributed by atoms with E-state index in [-0.39, 0.29) is 29.3 Å². The highest BCUT2D eigenvalue weighted by Gasteiger charge is 2.50. The zero-order chi connectivity index (χ0) is 23.7. The molecule has 0 radical (unpaired) electrons. The van der Waals surface area contributed by atoms with Gasteiger partial charge in [0.05, 0.1) is 11.2 Å². The SMILES string of the molecule is O=C(c1ccco1)N1CCN(C2=C([N+](=O)[O-])C(=O)N(Cc3ccccc3)C3CCCCC23)CC1. The fourth-order valence-corrected chi connectivity index (χ4v) is 5.61. The fraction of sp³-hybridized carbons (Fsp3) is 0.440. The maximum absolute atomic E-state index is 13.5. The molecule has 2 unspecified atom stereocenters. The number of nitro groups is 1. The van der Waals surface area contributed by atoms with E-state index in [1.54, 1.807) is 21.9 Å². The van der Waals surface area contributed by atoms with E-state index in [4.69, 9.17) is 4.42 Å². The first-order chi connectivity index (χ1) is 16.5. The summed E-state index contributed by atoms with van der Waals surface area (Å²) in [7, 11) is 0. The summed E-state index contributed by atoms with van der Waals surface area (Å²) in [5, 5.41) is 12.2. The molecule has 2 amide bonds. The number of hydrogen-bond acceptors (Lipinski definition) is 6. The number of carbonyl (C=O) groups excluding carboxylic acids is 2. The molecule has 3 heterocycles. The average molecular weight is 465 g/mol. The molecule has 3 aliphatic rings. The van der Waals surface area contributed by atoms with Gasteiger partial charge in [-0.3, -0.25) is 19.7 Å². The van der Waals surface area contributed by atoms with Crippen molar-refractivity contribution >= 4 is 11.8 Å². The maximum atomic E-state index is 13.5. The first-order valence-electron chi connectivity index (χ1n) is 11.9. The maximum Gasteiger partial charge on any atom is 0.352 e. The first kappa shape index (κ1) is 22.2. The molecule has 1 aromatic heterocycles. The molecule has 1 saturated heterocycles. The van der Waals surface area contributed by atoms with E-state index in [1.165, 1.54) is 6.26 Å². The number of nitrogens with zero attached hydrogens (tertiary/aromatic N) is 4. The molecule has 1 aliphatic carbocycles. The van der Waals surface area contributed by atoms with Crippen LogP contribution >= 0.6 is 0 Å². The summed E-state index contributed by atoms with van der Waals surface area (Å²) < 4.78 is 5.23. The fourth-order valence-electron chi connectivity index (χ4n) is 5.61. The van der Waals surface area contributed by atoms with E-state index in [9.17, 15) is 19.7 Å². The van der Waals surface area contributed by atoms with Crippen LogP contribution in [0.2, 0.25) is 0 Å². The Morgan fingerprint density at radius 3 is 2.44 bits per heavy atom. The summed E-state index contributed by atoms with van der Waals surface area (Å²) in [5.41, 5.74) is 1.23. The molecule has 0 N–H and O–H groups in total. The van der Waals surface area contributed by atoms with Crippen molar-refractivity contribution in [3.05, 3.63) is 81.6 Å². The number of furan rings is 1. The van der Waals surface area contributed by atoms with Gasteiger partial charge in [-0.1, -0.05) is 43.2 Å². The van der Waals surface area contributed by atoms with Gasteiger partial charge in [0.1, 0.15) is 5.70 Å². The van der Waals surface area contributed by atoms with Crippen LogP contribution in [-0.4, -0.2) is 63.7 Å². The number of rotatable bonds is 5. The van der Waals surface area contributed by atoms with E-state index in [2.05, 4.69) is 0 Å². The third-order valence-electron chi connectivity index (χ3n) is 7.20. The zero-order valence-corrected chi connectivity index (χ0v) is 19.0. The van der Waals surface area contributed by atoms with Crippen molar-refractivity contribution < 1.29 is 18.9 Å². The van der Waals surface area contributed by atoms with Crippen LogP contribution in [0, 0.1) is 16.0 Å². The number of fused-ring (bicyclic) bond motifs is 1. The van der Waals surface area contributed by atoms with Gasteiger partial charge in [-0.05, 0) is 30.5 Å². The Kier molecular flexibility index (Phi) is 6.08. The molecule has 2 fully saturated rings. The van der Waals surface area contributed by atoms with Gasteiger partial charge in [0.2, 0.25) is 0 Å². The van der Waals surface area contributed by atoms with E-state index in [0.29, 0.717) is 38.4 Å². The Labute approximate surface area is 197 Å². The monoisotopic (exact) mass is 464 g/mol. The summed E-state index contributed by atoms with van der Waals surface area (Å²) >= 11 is 0. The lowest BCUT2D eigenvalue weighted by atomic mass is 9.77. The van der Waals surface area contributed by atoms with Crippen molar-refractivity contribution in [1.82, 2.24) is 14.7 Å². The Morgan fingerprint density at radius 2 is 1.76 bits per heavy atom. The van der Waals surface area contributed by atoms with Crippen LogP contribution < -0.4 is 0 Å². The molecule has 0 spiro atoms. The summed E-state index contributed by atoms with van der Waals surface area (Å²) in [6, 6.07) is 12.9. The predicted molar refractivity (Wildman–Crippen MR) is 123 cm³/mol. The lowest BCUT2D eigenvalue weighted by Crippen LogP contribution is -2.57. The Bertz CT molecular complexity index is 1090. The number of amides is 2. The zero-order valence-electron chi connectivity index (χ0n) is 19.0. The molecule has 1 aromatic carbocycles. The second kappa shape index (κ2) is 9.32. The smallest absolute Gasteiger partial charge is 0.352 e. The number of piperazine rings is 1. The van der Waals surface area contributed by atoms with Crippen LogP contribution in [-0.2, 0) is 11.3 Å². The minimum absolute atomic E-state index is 0.0528. The Hall–Kier alpha value is -3.62. The van der Waals surface area contributed by atoms with Crippen molar-refractivity contribution in [2.75, 3.05) is 26.2 Å². The van der Waals surface area contributed by atoms with Crippen molar-refractivity contribution in [3.63, 3.8) is 0 Å². The second-order valence-electron chi connectivity index (χ2n) is 9.12. The normalized spacial score (nSPS) is 23.2. The lowest BCUT2D eigenvalue weighted by Gasteiger charge is -2.47. The highest BCUT2D eigenvalue weighted by molar-refractivity contribution is 5.93. The molecular formula is C25H28N4O5. The molecule has 9 nitrogen and oxygen atoms in total. The van der Waals surface area contributed by atoms with Crippen LogP contribution in [0.1, 0.15) is 41.8 Å². The van der Waals surface area contributed by atoms with E-state index in [1.807, 2.05) is 35.2 Å². The summed E-state index contributed by atoms with van der Waals surface area (Å²) in [6.07, 6.45) is 5.12. The van der Waals surface area contributed by atoms with Crippen molar-refractivity contribution in [2.45, 2.75) is 38.3 Å². The van der Waals surface area contributed by atoms with Gasteiger partial charge in [-0.15, -0.1) is 0 Å². The summed E-state index contributed by atoms with van der Waals surface area (Å²) in [6.45, 7) is 2.13. The van der Waals surface area contributed by atoms with E-state index < -0.39 is 10.8 Å². The molecule has 1 saturated carbocycles. The standard InChI is InChI=1S/C25H28N4O5/c30-24(21-11-6-16-34-21)27-14-12-26(13-15-27)22-19-9-4-5-10-20(19)28(25(31)23(22)29(32)33)17-18-7-2-1-3-8-18/h1-3,6-8,11,16,19-20H,4-5,9-10,12-15,17H2. The quantitative estimate of drug-likeness (QED) is 0.498. The molecule has 9 heteroatoms. The van der Waals surface area contributed by atoms with Crippen molar-refractivity contribution in [3.8, 4) is 0 Å². The van der Waals surface area contributed by atoms with Gasteiger partial charge < -0.3 is 19.1 Å². The summed E-state index contributed by atoms with van der Waals surface area (Å²) in [5.74, 6) is -0.461. The van der Waals surface area contributed by atoms with E-state index >= 15 is 0 Å². The van der Waals surface area contributed by atoms with Crippen molar-refractivity contribution in [2.24, 2.45) is 5.92 Å². The van der Waals surface area contributed by atoms with Crippen LogP contribution in [0.5, 0.6) is 0 Å². The van der Waals surface area contributed by atoms with E-state index in [0.717, 1.165) is 31.2 Å². The molecule has 2 aliphatic heterocycles. The third kappa shape index (κ3) is 4.06. The highest BCUT2D eigenvalue weighted by atomic mass is 16.6. The minimum Gasteiger partial charge on any atom is -0.459 e. The number of hydrogen-bond donors (Lipinski definition) is 0. The highest BCUT2D eigenvalue weighted by Crippen LogP contribution is 2.41. The van der Waals surface area contributed by atoms with Crippen LogP contribution in [0.25, 0.3) is 0 Å². The molecule has 0 bridgehead atoms. The summed E-state index contributed by atoms with van der Waals surface area (Å²) in [4.78, 5) is 43.3. The topological polar surface area (TPSA) is 100 Å². The molecule has 5 rings (SSSR count). The number of carbonyl (C=O) groups is 2. The molecule has 2 atom stereocenters. The largest absolute Gasteiger partial charge is 0.459 e. The first-order valence-corrected chi connectivity index (χ1v) is 11.9. The third-order valence-corrected chi connectivity index (χ3v) is 7.20. The Balaban J connectivity index is 1.42. The van der Waals surface area contributed by atoms with Crippen LogP contribution in [0.15, 0.2) is 64.5 Å². The van der Waals surface area contributed by atoms with Gasteiger partial charge in [-0.2, -0.15) is 0 Å². The predicted octanol–water partition coefficient (Wildman–Crippen LogP) is 3.13. The second-order valence-corrected chi connectivity index (χ2v) is 9.12. The average Bonchev–Trinajstić information content (AvgIpc) is 3.40. The lowest BCUT2D eigenvalue weighted by molar-refractivity contribution is -0.424.